The zero-order valence-electron chi connectivity index (χ0n) is 12.3. The van der Waals surface area contributed by atoms with Gasteiger partial charge in [0.1, 0.15) is 5.75 Å². The second kappa shape index (κ2) is 6.32. The second-order valence-electron chi connectivity index (χ2n) is 5.48. The van der Waals surface area contributed by atoms with E-state index in [1.165, 1.54) is 29.5 Å². The molecule has 3 rings (SSSR count). The minimum Gasteiger partial charge on any atom is -0.512 e. The van der Waals surface area contributed by atoms with E-state index in [2.05, 4.69) is 4.74 Å². The molecule has 3 nitrogen and oxygen atoms in total. The van der Waals surface area contributed by atoms with Crippen LogP contribution in [0.25, 0.3) is 10.4 Å². The van der Waals surface area contributed by atoms with Gasteiger partial charge in [-0.3, -0.25) is 4.79 Å². The van der Waals surface area contributed by atoms with Crippen LogP contribution in [0.2, 0.25) is 0 Å². The number of allylic oxidation sites excluding steroid dienone is 2. The highest BCUT2D eigenvalue weighted by atomic mass is 32.1. The van der Waals surface area contributed by atoms with E-state index < -0.39 is 6.36 Å². The summed E-state index contributed by atoms with van der Waals surface area (Å²) < 4.78 is 40.3. The van der Waals surface area contributed by atoms with E-state index in [1.54, 1.807) is 12.1 Å². The first-order chi connectivity index (χ1) is 11.3. The first kappa shape index (κ1) is 16.6. The molecule has 1 aliphatic rings. The van der Waals surface area contributed by atoms with Crippen LogP contribution in [0.15, 0.2) is 48.2 Å². The smallest absolute Gasteiger partial charge is 0.512 e. The first-order valence-electron chi connectivity index (χ1n) is 7.18. The van der Waals surface area contributed by atoms with Crippen molar-refractivity contribution in [2.75, 3.05) is 0 Å². The fourth-order valence-electron chi connectivity index (χ4n) is 2.62. The van der Waals surface area contributed by atoms with Crippen molar-refractivity contribution in [3.63, 3.8) is 0 Å². The molecule has 1 N–H and O–H groups in total. The van der Waals surface area contributed by atoms with Crippen LogP contribution in [0.3, 0.4) is 0 Å². The highest BCUT2D eigenvalue weighted by molar-refractivity contribution is 7.15. The maximum absolute atomic E-state index is 12.2. The number of halogens is 3. The lowest BCUT2D eigenvalue weighted by atomic mass is 9.91. The number of thiophene rings is 1. The molecule has 0 amide bonds. The molecule has 0 spiro atoms. The van der Waals surface area contributed by atoms with Crippen molar-refractivity contribution < 1.29 is 27.8 Å². The Labute approximate surface area is 140 Å². The number of aliphatic hydroxyl groups is 1. The first-order valence-corrected chi connectivity index (χ1v) is 8.00. The second-order valence-corrected chi connectivity index (χ2v) is 6.60. The third kappa shape index (κ3) is 3.97. The number of aliphatic hydroxyl groups excluding tert-OH is 1. The van der Waals surface area contributed by atoms with Crippen molar-refractivity contribution in [2.45, 2.75) is 25.1 Å². The van der Waals surface area contributed by atoms with Gasteiger partial charge < -0.3 is 9.84 Å². The molecule has 2 aromatic rings. The van der Waals surface area contributed by atoms with Crippen molar-refractivity contribution in [1.82, 2.24) is 0 Å². The fourth-order valence-corrected chi connectivity index (χ4v) is 3.73. The number of ketones is 1. The largest absolute Gasteiger partial charge is 0.573 e. The van der Waals surface area contributed by atoms with Gasteiger partial charge in [-0.2, -0.15) is 0 Å². The minimum atomic E-state index is -4.71. The Balaban J connectivity index is 1.76. The Morgan fingerprint density at radius 1 is 1.08 bits per heavy atom. The Kier molecular flexibility index (Phi) is 4.36. The standard InChI is InChI=1S/C17H13F3O3S/c18-17(19,20)23-14-3-1-10(2-4-14)15-5-6-16(24-15)11-7-12(21)9-13(22)8-11/h1-6,9,11,21H,7-8H2. The molecule has 1 unspecified atom stereocenters. The lowest BCUT2D eigenvalue weighted by Crippen LogP contribution is -2.16. The summed E-state index contributed by atoms with van der Waals surface area (Å²) in [5.41, 5.74) is 0.766. The number of rotatable bonds is 3. The Hall–Kier alpha value is -2.28. The molecule has 1 aliphatic carbocycles. The van der Waals surface area contributed by atoms with Crippen LogP contribution < -0.4 is 4.74 Å². The van der Waals surface area contributed by atoms with E-state index in [9.17, 15) is 23.1 Å². The molecule has 1 atom stereocenters. The molecule has 0 saturated heterocycles. The van der Waals surface area contributed by atoms with E-state index in [0.29, 0.717) is 12.8 Å². The number of ether oxygens (including phenoxy) is 1. The Morgan fingerprint density at radius 3 is 2.42 bits per heavy atom. The maximum atomic E-state index is 12.2. The maximum Gasteiger partial charge on any atom is 0.573 e. The van der Waals surface area contributed by atoms with Crippen LogP contribution in [-0.4, -0.2) is 17.3 Å². The van der Waals surface area contributed by atoms with Gasteiger partial charge in [0.25, 0.3) is 0 Å². The molecule has 24 heavy (non-hydrogen) atoms. The van der Waals surface area contributed by atoms with Gasteiger partial charge in [0.15, 0.2) is 5.78 Å². The summed E-state index contributed by atoms with van der Waals surface area (Å²) in [5, 5.41) is 9.60. The summed E-state index contributed by atoms with van der Waals surface area (Å²) >= 11 is 1.46. The van der Waals surface area contributed by atoms with Crippen molar-refractivity contribution in [2.24, 2.45) is 0 Å². The van der Waals surface area contributed by atoms with Crippen LogP contribution in [-0.2, 0) is 4.79 Å². The van der Waals surface area contributed by atoms with Gasteiger partial charge in [-0.25, -0.2) is 0 Å². The molecule has 126 valence electrons. The third-order valence-corrected chi connectivity index (χ3v) is 4.93. The summed E-state index contributed by atoms with van der Waals surface area (Å²) in [6.45, 7) is 0. The summed E-state index contributed by atoms with van der Waals surface area (Å²) in [5.74, 6) is -0.350. The Morgan fingerprint density at radius 2 is 1.79 bits per heavy atom. The number of alkyl halides is 3. The normalized spacial score (nSPS) is 18.4. The van der Waals surface area contributed by atoms with Gasteiger partial charge in [0, 0.05) is 34.6 Å². The molecule has 7 heteroatoms. The lowest BCUT2D eigenvalue weighted by Gasteiger charge is -2.17. The zero-order chi connectivity index (χ0) is 17.3. The van der Waals surface area contributed by atoms with Gasteiger partial charge in [0.05, 0.1) is 5.76 Å². The summed E-state index contributed by atoms with van der Waals surface area (Å²) in [6, 6.07) is 9.39. The monoisotopic (exact) mass is 354 g/mol. The van der Waals surface area contributed by atoms with Gasteiger partial charge in [-0.1, -0.05) is 0 Å². The van der Waals surface area contributed by atoms with Crippen LogP contribution >= 0.6 is 11.3 Å². The summed E-state index contributed by atoms with van der Waals surface area (Å²) in [4.78, 5) is 13.4. The van der Waals surface area contributed by atoms with Crippen LogP contribution in [0.1, 0.15) is 23.6 Å². The quantitative estimate of drug-likeness (QED) is 0.824. The molecule has 0 saturated carbocycles. The molecule has 0 aliphatic heterocycles. The van der Waals surface area contributed by atoms with E-state index in [4.69, 9.17) is 0 Å². The van der Waals surface area contributed by atoms with Crippen molar-refractivity contribution >= 4 is 17.1 Å². The molecule has 0 bridgehead atoms. The third-order valence-electron chi connectivity index (χ3n) is 3.63. The fraction of sp³-hybridized carbons (Fsp3) is 0.235. The number of carbonyl (C=O) groups is 1. The van der Waals surface area contributed by atoms with Gasteiger partial charge >= 0.3 is 6.36 Å². The number of hydrogen-bond acceptors (Lipinski definition) is 4. The van der Waals surface area contributed by atoms with Crippen molar-refractivity contribution in [1.29, 1.82) is 0 Å². The molecular formula is C17H13F3O3S. The van der Waals surface area contributed by atoms with E-state index in [0.717, 1.165) is 15.3 Å². The average molecular weight is 354 g/mol. The van der Waals surface area contributed by atoms with E-state index in [1.807, 2.05) is 12.1 Å². The predicted molar refractivity (Wildman–Crippen MR) is 84.1 cm³/mol. The lowest BCUT2D eigenvalue weighted by molar-refractivity contribution is -0.274. The van der Waals surface area contributed by atoms with Crippen LogP contribution in [0, 0.1) is 0 Å². The molecule has 1 aromatic carbocycles. The molecule has 0 radical (unpaired) electrons. The molecular weight excluding hydrogens is 341 g/mol. The summed E-state index contributed by atoms with van der Waals surface area (Å²) in [7, 11) is 0. The van der Waals surface area contributed by atoms with Crippen molar-refractivity contribution in [3.05, 3.63) is 53.1 Å². The van der Waals surface area contributed by atoms with Crippen LogP contribution in [0.4, 0.5) is 13.2 Å². The number of benzene rings is 1. The van der Waals surface area contributed by atoms with E-state index in [-0.39, 0.29) is 23.2 Å². The van der Waals surface area contributed by atoms with Gasteiger partial charge in [-0.15, -0.1) is 24.5 Å². The number of hydrogen-bond donors (Lipinski definition) is 1. The SMILES string of the molecule is O=C1C=C(O)CC(c2ccc(-c3ccc(OC(F)(F)F)cc3)s2)C1. The van der Waals surface area contributed by atoms with E-state index >= 15 is 0 Å². The minimum absolute atomic E-state index is 0.0610. The highest BCUT2D eigenvalue weighted by Crippen LogP contribution is 2.38. The summed E-state index contributed by atoms with van der Waals surface area (Å²) in [6.07, 6.45) is -2.68. The van der Waals surface area contributed by atoms with Crippen molar-refractivity contribution in [3.8, 4) is 16.2 Å². The highest BCUT2D eigenvalue weighted by Gasteiger charge is 2.31. The zero-order valence-corrected chi connectivity index (χ0v) is 13.2. The van der Waals surface area contributed by atoms with Gasteiger partial charge in [-0.05, 0) is 42.0 Å². The Bertz CT molecular complexity index is 775. The van der Waals surface area contributed by atoms with Gasteiger partial charge in [0.2, 0.25) is 0 Å². The molecule has 0 fully saturated rings. The molecule has 1 heterocycles. The number of carbonyl (C=O) groups excluding carboxylic acids is 1. The van der Waals surface area contributed by atoms with Crippen LogP contribution in [0.5, 0.6) is 5.75 Å². The molecule has 1 aromatic heterocycles. The predicted octanol–water partition coefficient (Wildman–Crippen LogP) is 5.20. The topological polar surface area (TPSA) is 46.5 Å². The average Bonchev–Trinajstić information content (AvgIpc) is 2.95.